The van der Waals surface area contributed by atoms with Crippen molar-refractivity contribution < 1.29 is 9.18 Å². The van der Waals surface area contributed by atoms with Crippen LogP contribution in [0.2, 0.25) is 5.02 Å². The Balaban J connectivity index is 1.39. The summed E-state index contributed by atoms with van der Waals surface area (Å²) in [6.07, 6.45) is 4.40. The van der Waals surface area contributed by atoms with Crippen LogP contribution in [0.3, 0.4) is 0 Å². The lowest BCUT2D eigenvalue weighted by Gasteiger charge is -2.32. The van der Waals surface area contributed by atoms with Crippen LogP contribution in [0, 0.1) is 17.1 Å². The van der Waals surface area contributed by atoms with Crippen LogP contribution in [-0.2, 0) is 6.54 Å². The number of nitrogens with zero attached hydrogens (tertiary/aromatic N) is 4. The molecular formula is C32H29ClFN5O. The van der Waals surface area contributed by atoms with E-state index in [4.69, 9.17) is 16.6 Å². The van der Waals surface area contributed by atoms with Crippen LogP contribution >= 0.6 is 11.6 Å². The van der Waals surface area contributed by atoms with E-state index in [1.165, 1.54) is 18.9 Å². The lowest BCUT2D eigenvalue weighted by atomic mass is 9.99. The largest absolute Gasteiger partial charge is 0.366 e. The number of fused-ring (bicyclic) bond motifs is 1. The fraction of sp³-hybridized carbons (Fsp3) is 0.281. The normalized spacial score (nSPS) is 17.3. The van der Waals surface area contributed by atoms with Crippen LogP contribution in [0.4, 0.5) is 10.2 Å². The van der Waals surface area contributed by atoms with Gasteiger partial charge in [0.25, 0.3) is 5.91 Å². The van der Waals surface area contributed by atoms with Crippen molar-refractivity contribution in [2.45, 2.75) is 38.4 Å². The molecule has 202 valence electrons. The van der Waals surface area contributed by atoms with E-state index < -0.39 is 5.82 Å². The molecule has 2 aliphatic rings. The summed E-state index contributed by atoms with van der Waals surface area (Å²) >= 11 is 5.92. The van der Waals surface area contributed by atoms with Gasteiger partial charge in [0.1, 0.15) is 11.6 Å². The van der Waals surface area contributed by atoms with Gasteiger partial charge in [-0.05, 0) is 79.3 Å². The smallest absolute Gasteiger partial charge is 0.255 e. The molecule has 2 saturated heterocycles. The minimum atomic E-state index is -0.394. The number of likely N-dealkylation sites (tertiary alicyclic amines) is 2. The first-order valence-electron chi connectivity index (χ1n) is 13.7. The molecular weight excluding hydrogens is 525 g/mol. The van der Waals surface area contributed by atoms with Crippen LogP contribution in [0.15, 0.2) is 66.7 Å². The van der Waals surface area contributed by atoms with E-state index >= 15 is 0 Å². The lowest BCUT2D eigenvalue weighted by molar-refractivity contribution is 0.0533. The summed E-state index contributed by atoms with van der Waals surface area (Å²) in [5.74, 6) is 0.0995. The van der Waals surface area contributed by atoms with Crippen LogP contribution in [0.5, 0.6) is 0 Å². The number of rotatable bonds is 6. The van der Waals surface area contributed by atoms with E-state index in [9.17, 15) is 14.4 Å². The van der Waals surface area contributed by atoms with Gasteiger partial charge in [-0.1, -0.05) is 35.9 Å². The molecule has 4 aromatic rings. The molecule has 0 radical (unpaired) electrons. The number of carbonyl (C=O) groups is 1. The first-order chi connectivity index (χ1) is 19.5. The quantitative estimate of drug-likeness (QED) is 0.283. The Kier molecular flexibility index (Phi) is 7.38. The molecule has 40 heavy (non-hydrogen) atoms. The third kappa shape index (κ3) is 5.25. The van der Waals surface area contributed by atoms with Gasteiger partial charge in [0.2, 0.25) is 0 Å². The predicted octanol–water partition coefficient (Wildman–Crippen LogP) is 6.84. The van der Waals surface area contributed by atoms with Gasteiger partial charge in [-0.25, -0.2) is 9.37 Å². The minimum absolute atomic E-state index is 0.0144. The van der Waals surface area contributed by atoms with Crippen molar-refractivity contribution in [2.24, 2.45) is 0 Å². The first kappa shape index (κ1) is 26.2. The van der Waals surface area contributed by atoms with Gasteiger partial charge >= 0.3 is 0 Å². The van der Waals surface area contributed by atoms with Gasteiger partial charge in [0, 0.05) is 42.2 Å². The van der Waals surface area contributed by atoms with Gasteiger partial charge in [-0.3, -0.25) is 9.69 Å². The highest BCUT2D eigenvalue weighted by Crippen LogP contribution is 2.32. The maximum Gasteiger partial charge on any atom is 0.255 e. The number of nitrogens with one attached hydrogen (secondary N) is 1. The monoisotopic (exact) mass is 553 g/mol. The predicted molar refractivity (Wildman–Crippen MR) is 155 cm³/mol. The van der Waals surface area contributed by atoms with Crippen LogP contribution in [-0.4, -0.2) is 46.5 Å². The first-order valence-corrected chi connectivity index (χ1v) is 14.1. The third-order valence-electron chi connectivity index (χ3n) is 7.91. The van der Waals surface area contributed by atoms with Gasteiger partial charge in [-0.15, -0.1) is 0 Å². The highest BCUT2D eigenvalue weighted by Gasteiger charge is 2.35. The van der Waals surface area contributed by atoms with Crippen LogP contribution < -0.4 is 5.32 Å². The molecule has 1 N–H and O–H groups in total. The van der Waals surface area contributed by atoms with Crippen molar-refractivity contribution in [1.82, 2.24) is 14.8 Å². The average Bonchev–Trinajstić information content (AvgIpc) is 3.68. The van der Waals surface area contributed by atoms with Crippen molar-refractivity contribution in [1.29, 1.82) is 5.26 Å². The molecule has 6 rings (SSSR count). The molecule has 1 amide bonds. The molecule has 0 saturated carbocycles. The molecule has 2 aliphatic heterocycles. The zero-order valence-electron chi connectivity index (χ0n) is 22.0. The topological polar surface area (TPSA) is 72.3 Å². The van der Waals surface area contributed by atoms with E-state index in [2.05, 4.69) is 16.3 Å². The number of benzene rings is 3. The number of halogens is 2. The maximum absolute atomic E-state index is 14.4. The SMILES string of the molecule is N#Cc1ccc(-c2ccc3nc(NCc4ccc(Cl)cc4F)cc(C(=O)N4CCCC4N4CCCC4)c3c2)cc1. The number of hydrogen-bond acceptors (Lipinski definition) is 5. The van der Waals surface area contributed by atoms with Crippen molar-refractivity contribution in [3.8, 4) is 17.2 Å². The number of anilines is 1. The van der Waals surface area contributed by atoms with E-state index in [0.717, 1.165) is 49.0 Å². The van der Waals surface area contributed by atoms with Crippen molar-refractivity contribution >= 4 is 34.2 Å². The second-order valence-corrected chi connectivity index (χ2v) is 10.9. The summed E-state index contributed by atoms with van der Waals surface area (Å²) in [7, 11) is 0. The van der Waals surface area contributed by atoms with Crippen LogP contribution in [0.1, 0.15) is 47.2 Å². The summed E-state index contributed by atoms with van der Waals surface area (Å²) < 4.78 is 14.4. The Labute approximate surface area is 238 Å². The Morgan fingerprint density at radius 3 is 2.52 bits per heavy atom. The third-order valence-corrected chi connectivity index (χ3v) is 8.14. The minimum Gasteiger partial charge on any atom is -0.366 e. The molecule has 1 aromatic heterocycles. The molecule has 1 atom stereocenters. The van der Waals surface area contributed by atoms with Gasteiger partial charge in [-0.2, -0.15) is 5.26 Å². The molecule has 2 fully saturated rings. The Morgan fingerprint density at radius 2 is 1.77 bits per heavy atom. The molecule has 0 bridgehead atoms. The van der Waals surface area contributed by atoms with Crippen molar-refractivity contribution in [3.05, 3.63) is 94.3 Å². The average molecular weight is 554 g/mol. The van der Waals surface area contributed by atoms with Gasteiger partial charge < -0.3 is 10.2 Å². The van der Waals surface area contributed by atoms with Gasteiger partial charge in [0.15, 0.2) is 0 Å². The summed E-state index contributed by atoms with van der Waals surface area (Å²) in [5, 5.41) is 13.5. The van der Waals surface area contributed by atoms with Crippen LogP contribution in [0.25, 0.3) is 22.0 Å². The molecule has 3 aromatic carbocycles. The van der Waals surface area contributed by atoms with E-state index in [1.54, 1.807) is 30.3 Å². The summed E-state index contributed by atoms with van der Waals surface area (Å²) in [6, 6.07) is 21.8. The van der Waals surface area contributed by atoms with E-state index in [0.29, 0.717) is 33.0 Å². The van der Waals surface area contributed by atoms with Gasteiger partial charge in [0.05, 0.1) is 28.9 Å². The number of pyridine rings is 1. The molecule has 0 spiro atoms. The zero-order valence-corrected chi connectivity index (χ0v) is 22.8. The number of aromatic nitrogens is 1. The number of amides is 1. The number of nitriles is 1. The molecule has 3 heterocycles. The molecule has 1 unspecified atom stereocenters. The fourth-order valence-electron chi connectivity index (χ4n) is 5.82. The second-order valence-electron chi connectivity index (χ2n) is 10.4. The Morgan fingerprint density at radius 1 is 1.00 bits per heavy atom. The Bertz CT molecular complexity index is 1610. The molecule has 0 aliphatic carbocycles. The summed E-state index contributed by atoms with van der Waals surface area (Å²) in [4.78, 5) is 23.4. The van der Waals surface area contributed by atoms with E-state index in [1.807, 2.05) is 35.2 Å². The Hall–Kier alpha value is -3.99. The zero-order chi connectivity index (χ0) is 27.6. The van der Waals surface area contributed by atoms with Crippen molar-refractivity contribution in [3.63, 3.8) is 0 Å². The summed E-state index contributed by atoms with van der Waals surface area (Å²) in [5.41, 5.74) is 4.20. The molecule has 6 nitrogen and oxygen atoms in total. The van der Waals surface area contributed by atoms with Crippen molar-refractivity contribution in [2.75, 3.05) is 25.0 Å². The molecule has 8 heteroatoms. The lowest BCUT2D eigenvalue weighted by Crippen LogP contribution is -2.46. The summed E-state index contributed by atoms with van der Waals surface area (Å²) in [6.45, 7) is 2.97. The highest BCUT2D eigenvalue weighted by atomic mass is 35.5. The number of carbonyl (C=O) groups excluding carboxylic acids is 1. The van der Waals surface area contributed by atoms with E-state index in [-0.39, 0.29) is 18.6 Å². The second kappa shape index (κ2) is 11.2. The standard InChI is InChI=1S/C32H29ClFN5O/c33-25-11-9-24(28(34)17-25)20-36-30-18-27(32(40)39-15-3-4-31(39)38-13-1-2-14-38)26-16-23(10-12-29(26)37-30)22-7-5-21(19-35)6-8-22/h5-12,16-18,31H,1-4,13-15,20H2,(H,36,37). The fourth-order valence-corrected chi connectivity index (χ4v) is 5.98. The highest BCUT2D eigenvalue weighted by molar-refractivity contribution is 6.30. The number of hydrogen-bond donors (Lipinski definition) is 1. The maximum atomic E-state index is 14.4.